The van der Waals surface area contributed by atoms with Crippen LogP contribution in [0, 0.1) is 0 Å². The summed E-state index contributed by atoms with van der Waals surface area (Å²) in [4.78, 5) is 11.4. The lowest BCUT2D eigenvalue weighted by Gasteiger charge is -2.17. The molecule has 0 spiro atoms. The zero-order valence-corrected chi connectivity index (χ0v) is 12.6. The number of hydrogen-bond acceptors (Lipinski definition) is 4. The fourth-order valence-electron chi connectivity index (χ4n) is 1.68. The van der Waals surface area contributed by atoms with E-state index in [4.69, 9.17) is 5.73 Å². The summed E-state index contributed by atoms with van der Waals surface area (Å²) < 4.78 is 25.7. The highest BCUT2D eigenvalue weighted by Gasteiger charge is 2.20. The van der Waals surface area contributed by atoms with Crippen molar-refractivity contribution in [2.45, 2.75) is 17.7 Å². The van der Waals surface area contributed by atoms with E-state index in [9.17, 15) is 13.2 Å². The molecule has 20 heavy (non-hydrogen) atoms. The molecule has 0 radical (unpaired) electrons. The van der Waals surface area contributed by atoms with Crippen LogP contribution in [0.4, 0.5) is 0 Å². The second kappa shape index (κ2) is 7.37. The van der Waals surface area contributed by atoms with Crippen LogP contribution in [-0.2, 0) is 21.2 Å². The Labute approximate surface area is 120 Å². The zero-order chi connectivity index (χ0) is 15.2. The number of sulfonamides is 1. The molecular formula is C13H21N3O3S. The first-order valence-corrected chi connectivity index (χ1v) is 7.81. The van der Waals surface area contributed by atoms with Gasteiger partial charge in [-0.2, -0.15) is 0 Å². The van der Waals surface area contributed by atoms with Gasteiger partial charge in [0.25, 0.3) is 0 Å². The molecule has 0 atom stereocenters. The van der Waals surface area contributed by atoms with E-state index < -0.39 is 10.0 Å². The maximum Gasteiger partial charge on any atom is 0.242 e. The largest absolute Gasteiger partial charge is 0.359 e. The molecule has 6 nitrogen and oxygen atoms in total. The number of carbonyl (C=O) groups is 1. The van der Waals surface area contributed by atoms with E-state index in [1.165, 1.54) is 18.4 Å². The van der Waals surface area contributed by atoms with Crippen molar-refractivity contribution in [1.29, 1.82) is 0 Å². The average Bonchev–Trinajstić information content (AvgIpc) is 2.45. The molecule has 0 saturated heterocycles. The molecule has 0 fully saturated rings. The Kier molecular flexibility index (Phi) is 6.12. The van der Waals surface area contributed by atoms with Gasteiger partial charge in [-0.15, -0.1) is 0 Å². The minimum atomic E-state index is -3.55. The number of benzene rings is 1. The SMILES string of the molecule is CNC(=O)CCN(C)S(=O)(=O)c1ccc(CCN)cc1. The average molecular weight is 299 g/mol. The van der Waals surface area contributed by atoms with Gasteiger partial charge in [0.1, 0.15) is 0 Å². The van der Waals surface area contributed by atoms with E-state index in [2.05, 4.69) is 5.32 Å². The predicted octanol–water partition coefficient (Wildman–Crippen LogP) is -0.0556. The quantitative estimate of drug-likeness (QED) is 0.738. The van der Waals surface area contributed by atoms with Gasteiger partial charge in [-0.25, -0.2) is 12.7 Å². The van der Waals surface area contributed by atoms with Crippen molar-refractivity contribution in [1.82, 2.24) is 9.62 Å². The number of hydrogen-bond donors (Lipinski definition) is 2. The van der Waals surface area contributed by atoms with E-state index in [1.807, 2.05) is 0 Å². The summed E-state index contributed by atoms with van der Waals surface area (Å²) >= 11 is 0. The Morgan fingerprint density at radius 1 is 1.30 bits per heavy atom. The number of nitrogens with zero attached hydrogens (tertiary/aromatic N) is 1. The molecule has 112 valence electrons. The maximum atomic E-state index is 12.3. The van der Waals surface area contributed by atoms with Crippen LogP contribution in [0.1, 0.15) is 12.0 Å². The highest BCUT2D eigenvalue weighted by molar-refractivity contribution is 7.89. The fourth-order valence-corrected chi connectivity index (χ4v) is 2.85. The Morgan fingerprint density at radius 3 is 2.40 bits per heavy atom. The van der Waals surface area contributed by atoms with Crippen LogP contribution in [0.25, 0.3) is 0 Å². The van der Waals surface area contributed by atoms with Crippen LogP contribution in [-0.4, -0.2) is 45.8 Å². The molecule has 0 aliphatic carbocycles. The van der Waals surface area contributed by atoms with Gasteiger partial charge in [0, 0.05) is 27.1 Å². The number of rotatable bonds is 7. The topological polar surface area (TPSA) is 92.5 Å². The van der Waals surface area contributed by atoms with Gasteiger partial charge in [-0.3, -0.25) is 4.79 Å². The van der Waals surface area contributed by atoms with E-state index in [0.717, 1.165) is 5.56 Å². The van der Waals surface area contributed by atoms with Gasteiger partial charge in [0.15, 0.2) is 0 Å². The molecule has 0 unspecified atom stereocenters. The lowest BCUT2D eigenvalue weighted by atomic mass is 10.2. The van der Waals surface area contributed by atoms with Crippen molar-refractivity contribution < 1.29 is 13.2 Å². The summed E-state index contributed by atoms with van der Waals surface area (Å²) in [6.45, 7) is 0.671. The molecule has 0 aliphatic rings. The van der Waals surface area contributed by atoms with Gasteiger partial charge >= 0.3 is 0 Å². The first-order chi connectivity index (χ1) is 9.41. The summed E-state index contributed by atoms with van der Waals surface area (Å²) in [6.07, 6.45) is 0.852. The summed E-state index contributed by atoms with van der Waals surface area (Å²) in [6, 6.07) is 6.64. The molecule has 0 bridgehead atoms. The number of nitrogens with one attached hydrogen (secondary N) is 1. The standard InChI is InChI=1S/C13H21N3O3S/c1-15-13(17)8-10-16(2)20(18,19)12-5-3-11(4-6-12)7-9-14/h3-6H,7-10,14H2,1-2H3,(H,15,17). The van der Waals surface area contributed by atoms with E-state index >= 15 is 0 Å². The van der Waals surface area contributed by atoms with Crippen LogP contribution in [0.15, 0.2) is 29.2 Å². The van der Waals surface area contributed by atoms with Crippen molar-refractivity contribution in [3.8, 4) is 0 Å². The molecule has 3 N–H and O–H groups in total. The van der Waals surface area contributed by atoms with E-state index in [1.54, 1.807) is 24.3 Å². The summed E-state index contributed by atoms with van der Waals surface area (Å²) in [7, 11) is -0.567. The van der Waals surface area contributed by atoms with E-state index in [-0.39, 0.29) is 23.8 Å². The third-order valence-corrected chi connectivity index (χ3v) is 4.87. The van der Waals surface area contributed by atoms with Crippen molar-refractivity contribution in [3.63, 3.8) is 0 Å². The smallest absolute Gasteiger partial charge is 0.242 e. The summed E-state index contributed by atoms with van der Waals surface area (Å²) in [5.74, 6) is -0.189. The summed E-state index contributed by atoms with van der Waals surface area (Å²) in [5.41, 5.74) is 6.45. The van der Waals surface area contributed by atoms with Crippen LogP contribution < -0.4 is 11.1 Å². The molecule has 1 aromatic carbocycles. The highest BCUT2D eigenvalue weighted by atomic mass is 32.2. The molecule has 0 saturated carbocycles. The van der Waals surface area contributed by atoms with E-state index in [0.29, 0.717) is 13.0 Å². The highest BCUT2D eigenvalue weighted by Crippen LogP contribution is 2.15. The lowest BCUT2D eigenvalue weighted by Crippen LogP contribution is -2.31. The van der Waals surface area contributed by atoms with Crippen LogP contribution in [0.5, 0.6) is 0 Å². The van der Waals surface area contributed by atoms with Crippen molar-refractivity contribution in [2.75, 3.05) is 27.2 Å². The fraction of sp³-hybridized carbons (Fsp3) is 0.462. The van der Waals surface area contributed by atoms with Crippen molar-refractivity contribution >= 4 is 15.9 Å². The predicted molar refractivity (Wildman–Crippen MR) is 77.7 cm³/mol. The molecule has 1 rings (SSSR count). The molecule has 0 heterocycles. The number of nitrogens with two attached hydrogens (primary N) is 1. The van der Waals surface area contributed by atoms with Gasteiger partial charge < -0.3 is 11.1 Å². The Balaban J connectivity index is 2.79. The Bertz CT molecular complexity index is 540. The lowest BCUT2D eigenvalue weighted by molar-refractivity contribution is -0.120. The molecule has 0 aliphatic heterocycles. The second-order valence-corrected chi connectivity index (χ2v) is 6.48. The molecule has 7 heteroatoms. The summed E-state index contributed by atoms with van der Waals surface area (Å²) in [5, 5.41) is 2.46. The van der Waals surface area contributed by atoms with Gasteiger partial charge in [-0.05, 0) is 30.7 Å². The second-order valence-electron chi connectivity index (χ2n) is 4.43. The Hall–Kier alpha value is -1.44. The van der Waals surface area contributed by atoms with Gasteiger partial charge in [0.05, 0.1) is 4.90 Å². The molecule has 1 amide bonds. The first kappa shape index (κ1) is 16.6. The number of amides is 1. The zero-order valence-electron chi connectivity index (χ0n) is 11.8. The minimum absolute atomic E-state index is 0.136. The third kappa shape index (κ3) is 4.29. The first-order valence-electron chi connectivity index (χ1n) is 6.37. The van der Waals surface area contributed by atoms with Crippen molar-refractivity contribution in [2.24, 2.45) is 5.73 Å². The van der Waals surface area contributed by atoms with Gasteiger partial charge in [-0.1, -0.05) is 12.1 Å². The number of carbonyl (C=O) groups excluding carboxylic acids is 1. The molecular weight excluding hydrogens is 278 g/mol. The van der Waals surface area contributed by atoms with Gasteiger partial charge in [0.2, 0.25) is 15.9 Å². The third-order valence-electron chi connectivity index (χ3n) is 3.00. The monoisotopic (exact) mass is 299 g/mol. The Morgan fingerprint density at radius 2 is 1.90 bits per heavy atom. The normalized spacial score (nSPS) is 11.6. The molecule has 0 aromatic heterocycles. The molecule has 1 aromatic rings. The van der Waals surface area contributed by atoms with Crippen LogP contribution in [0.2, 0.25) is 0 Å². The maximum absolute atomic E-state index is 12.3. The van der Waals surface area contributed by atoms with Crippen LogP contribution in [0.3, 0.4) is 0 Å². The minimum Gasteiger partial charge on any atom is -0.359 e. The van der Waals surface area contributed by atoms with Crippen molar-refractivity contribution in [3.05, 3.63) is 29.8 Å². The van der Waals surface area contributed by atoms with Crippen LogP contribution >= 0.6 is 0 Å².